The molecule has 0 saturated carbocycles. The van der Waals surface area contributed by atoms with E-state index in [1.54, 1.807) is 16.9 Å². The van der Waals surface area contributed by atoms with Crippen LogP contribution in [0.2, 0.25) is 0 Å². The Kier molecular flexibility index (Phi) is 2.08. The summed E-state index contributed by atoms with van der Waals surface area (Å²) >= 11 is 0. The Morgan fingerprint density at radius 2 is 2.23 bits per heavy atom. The fourth-order valence-corrected chi connectivity index (χ4v) is 1.22. The summed E-state index contributed by atoms with van der Waals surface area (Å²) in [5, 5.41) is 4.04. The van der Waals surface area contributed by atoms with Crippen LogP contribution in [0.1, 0.15) is 5.56 Å². The predicted molar refractivity (Wildman–Crippen MR) is 47.7 cm³/mol. The van der Waals surface area contributed by atoms with Gasteiger partial charge in [0.1, 0.15) is 5.82 Å². The number of hydrogen-bond acceptors (Lipinski definition) is 1. The van der Waals surface area contributed by atoms with E-state index in [2.05, 4.69) is 5.10 Å². The lowest BCUT2D eigenvalue weighted by Gasteiger charge is -2.00. The Morgan fingerprint density at radius 1 is 1.31 bits per heavy atom. The molecule has 0 fully saturated rings. The minimum Gasteiger partial charge on any atom is -0.268 e. The van der Waals surface area contributed by atoms with E-state index in [1.807, 2.05) is 18.3 Å². The minimum atomic E-state index is -0.204. The molecule has 0 aliphatic carbocycles. The number of hydrogen-bond donors (Lipinski definition) is 0. The zero-order chi connectivity index (χ0) is 9.10. The van der Waals surface area contributed by atoms with E-state index in [4.69, 9.17) is 0 Å². The Morgan fingerprint density at radius 3 is 2.92 bits per heavy atom. The highest BCUT2D eigenvalue weighted by Crippen LogP contribution is 2.04. The third-order valence-corrected chi connectivity index (χ3v) is 1.79. The van der Waals surface area contributed by atoms with Crippen molar-refractivity contribution in [1.29, 1.82) is 0 Å². The van der Waals surface area contributed by atoms with E-state index in [1.165, 1.54) is 12.1 Å². The van der Waals surface area contributed by atoms with Crippen LogP contribution in [0.3, 0.4) is 0 Å². The summed E-state index contributed by atoms with van der Waals surface area (Å²) in [6.07, 6.45) is 3.56. The fourth-order valence-electron chi connectivity index (χ4n) is 1.22. The minimum absolute atomic E-state index is 0.204. The van der Waals surface area contributed by atoms with Gasteiger partial charge in [-0.2, -0.15) is 5.10 Å². The van der Waals surface area contributed by atoms with Gasteiger partial charge in [0, 0.05) is 12.4 Å². The number of rotatable bonds is 2. The molecule has 66 valence electrons. The van der Waals surface area contributed by atoms with Gasteiger partial charge in [-0.25, -0.2) is 4.39 Å². The SMILES string of the molecule is Fc1cccc(Cn2cccn2)c1. The molecule has 0 spiro atoms. The summed E-state index contributed by atoms with van der Waals surface area (Å²) in [5.74, 6) is -0.204. The summed E-state index contributed by atoms with van der Waals surface area (Å²) < 4.78 is 14.5. The van der Waals surface area contributed by atoms with Gasteiger partial charge in [-0.05, 0) is 23.8 Å². The van der Waals surface area contributed by atoms with Crippen molar-refractivity contribution in [3.05, 3.63) is 54.1 Å². The van der Waals surface area contributed by atoms with E-state index in [9.17, 15) is 4.39 Å². The summed E-state index contributed by atoms with van der Waals surface area (Å²) in [6, 6.07) is 8.38. The smallest absolute Gasteiger partial charge is 0.123 e. The van der Waals surface area contributed by atoms with Crippen molar-refractivity contribution >= 4 is 0 Å². The van der Waals surface area contributed by atoms with Gasteiger partial charge in [-0.3, -0.25) is 4.68 Å². The van der Waals surface area contributed by atoms with Gasteiger partial charge in [-0.1, -0.05) is 12.1 Å². The van der Waals surface area contributed by atoms with Crippen molar-refractivity contribution in [2.24, 2.45) is 0 Å². The largest absolute Gasteiger partial charge is 0.268 e. The van der Waals surface area contributed by atoms with Crippen LogP contribution in [0.4, 0.5) is 4.39 Å². The first-order valence-corrected chi connectivity index (χ1v) is 4.06. The third kappa shape index (κ3) is 1.93. The van der Waals surface area contributed by atoms with E-state index in [0.29, 0.717) is 6.54 Å². The molecule has 1 aromatic carbocycles. The van der Waals surface area contributed by atoms with Crippen LogP contribution in [0.15, 0.2) is 42.7 Å². The highest BCUT2D eigenvalue weighted by molar-refractivity contribution is 5.16. The van der Waals surface area contributed by atoms with Crippen molar-refractivity contribution in [2.75, 3.05) is 0 Å². The first-order valence-electron chi connectivity index (χ1n) is 4.06. The van der Waals surface area contributed by atoms with E-state index < -0.39 is 0 Å². The Balaban J connectivity index is 2.19. The van der Waals surface area contributed by atoms with Gasteiger partial charge in [0.15, 0.2) is 0 Å². The van der Waals surface area contributed by atoms with Crippen molar-refractivity contribution < 1.29 is 4.39 Å². The van der Waals surface area contributed by atoms with Crippen LogP contribution in [-0.4, -0.2) is 9.78 Å². The van der Waals surface area contributed by atoms with Gasteiger partial charge in [0.05, 0.1) is 6.54 Å². The number of benzene rings is 1. The highest BCUT2D eigenvalue weighted by Gasteiger charge is 1.95. The molecule has 0 unspecified atom stereocenters. The van der Waals surface area contributed by atoms with Crippen LogP contribution >= 0.6 is 0 Å². The zero-order valence-electron chi connectivity index (χ0n) is 7.02. The molecular formula is C10H9FN2. The predicted octanol–water partition coefficient (Wildman–Crippen LogP) is 2.07. The molecule has 0 aliphatic heterocycles. The van der Waals surface area contributed by atoms with Crippen LogP contribution < -0.4 is 0 Å². The van der Waals surface area contributed by atoms with Crippen LogP contribution in [0.5, 0.6) is 0 Å². The molecular weight excluding hydrogens is 167 g/mol. The average Bonchev–Trinajstić information content (AvgIpc) is 2.57. The van der Waals surface area contributed by atoms with Gasteiger partial charge >= 0.3 is 0 Å². The molecule has 0 atom stereocenters. The standard InChI is InChI=1S/C10H9FN2/c11-10-4-1-3-9(7-10)8-13-6-2-5-12-13/h1-7H,8H2. The first-order chi connectivity index (χ1) is 6.34. The number of halogens is 1. The first kappa shape index (κ1) is 7.98. The average molecular weight is 176 g/mol. The second kappa shape index (κ2) is 3.39. The summed E-state index contributed by atoms with van der Waals surface area (Å²) in [4.78, 5) is 0. The normalized spacial score (nSPS) is 10.2. The third-order valence-electron chi connectivity index (χ3n) is 1.79. The molecule has 1 aromatic heterocycles. The van der Waals surface area contributed by atoms with Crippen molar-refractivity contribution in [1.82, 2.24) is 9.78 Å². The molecule has 2 nitrogen and oxygen atoms in total. The quantitative estimate of drug-likeness (QED) is 0.685. The fraction of sp³-hybridized carbons (Fsp3) is 0.100. The zero-order valence-corrected chi connectivity index (χ0v) is 7.02. The topological polar surface area (TPSA) is 17.8 Å². The van der Waals surface area contributed by atoms with Gasteiger partial charge < -0.3 is 0 Å². The summed E-state index contributed by atoms with van der Waals surface area (Å²) in [5.41, 5.74) is 0.920. The molecule has 0 bridgehead atoms. The summed E-state index contributed by atoms with van der Waals surface area (Å²) in [7, 11) is 0. The molecule has 3 heteroatoms. The van der Waals surface area contributed by atoms with E-state index in [0.717, 1.165) is 5.56 Å². The lowest BCUT2D eigenvalue weighted by molar-refractivity contribution is 0.619. The molecule has 13 heavy (non-hydrogen) atoms. The monoisotopic (exact) mass is 176 g/mol. The maximum atomic E-state index is 12.8. The molecule has 0 amide bonds. The van der Waals surface area contributed by atoms with Crippen molar-refractivity contribution in [2.45, 2.75) is 6.54 Å². The molecule has 0 radical (unpaired) electrons. The maximum absolute atomic E-state index is 12.8. The van der Waals surface area contributed by atoms with Gasteiger partial charge in [0.25, 0.3) is 0 Å². The molecule has 0 N–H and O–H groups in total. The number of aromatic nitrogens is 2. The number of nitrogens with zero attached hydrogens (tertiary/aromatic N) is 2. The molecule has 1 heterocycles. The lowest BCUT2D eigenvalue weighted by Crippen LogP contribution is -1.99. The Bertz CT molecular complexity index is 382. The molecule has 2 rings (SSSR count). The van der Waals surface area contributed by atoms with Crippen molar-refractivity contribution in [3.63, 3.8) is 0 Å². The van der Waals surface area contributed by atoms with Crippen LogP contribution in [-0.2, 0) is 6.54 Å². The molecule has 0 saturated heterocycles. The molecule has 0 aliphatic rings. The Hall–Kier alpha value is -1.64. The van der Waals surface area contributed by atoms with Crippen molar-refractivity contribution in [3.8, 4) is 0 Å². The maximum Gasteiger partial charge on any atom is 0.123 e. The van der Waals surface area contributed by atoms with E-state index >= 15 is 0 Å². The second-order valence-electron chi connectivity index (χ2n) is 2.83. The van der Waals surface area contributed by atoms with Gasteiger partial charge in [0.2, 0.25) is 0 Å². The summed E-state index contributed by atoms with van der Waals surface area (Å²) in [6.45, 7) is 0.616. The second-order valence-corrected chi connectivity index (χ2v) is 2.83. The molecule has 2 aromatic rings. The lowest BCUT2D eigenvalue weighted by atomic mass is 10.2. The van der Waals surface area contributed by atoms with E-state index in [-0.39, 0.29) is 5.82 Å². The van der Waals surface area contributed by atoms with Gasteiger partial charge in [-0.15, -0.1) is 0 Å². The Labute approximate surface area is 75.6 Å². The van der Waals surface area contributed by atoms with Crippen LogP contribution in [0.25, 0.3) is 0 Å². The van der Waals surface area contributed by atoms with Crippen LogP contribution in [0, 0.1) is 5.82 Å². The highest BCUT2D eigenvalue weighted by atomic mass is 19.1.